The van der Waals surface area contributed by atoms with E-state index in [1.54, 1.807) is 19.5 Å². The summed E-state index contributed by atoms with van der Waals surface area (Å²) in [5.41, 5.74) is 9.66. The lowest BCUT2D eigenvalue weighted by Crippen LogP contribution is -1.87. The molecular formula is C14H13N3O. The summed E-state index contributed by atoms with van der Waals surface area (Å²) in [6.45, 7) is 0. The fourth-order valence-electron chi connectivity index (χ4n) is 2.09. The molecule has 2 heterocycles. The fourth-order valence-corrected chi connectivity index (χ4v) is 2.09. The summed E-state index contributed by atoms with van der Waals surface area (Å²) in [6, 6.07) is 9.86. The maximum Gasteiger partial charge on any atom is 0.139 e. The average molecular weight is 239 g/mol. The van der Waals surface area contributed by atoms with Crippen LogP contribution in [0.1, 0.15) is 0 Å². The molecule has 18 heavy (non-hydrogen) atoms. The van der Waals surface area contributed by atoms with E-state index in [1.165, 1.54) is 0 Å². The summed E-state index contributed by atoms with van der Waals surface area (Å²) in [5, 5.41) is 0.961. The van der Waals surface area contributed by atoms with E-state index in [9.17, 15) is 0 Å². The highest BCUT2D eigenvalue weighted by atomic mass is 16.5. The molecule has 0 spiro atoms. The van der Waals surface area contributed by atoms with Crippen LogP contribution in [0.3, 0.4) is 0 Å². The van der Waals surface area contributed by atoms with E-state index >= 15 is 0 Å². The van der Waals surface area contributed by atoms with Gasteiger partial charge in [0, 0.05) is 17.8 Å². The first-order valence-electron chi connectivity index (χ1n) is 5.65. The third kappa shape index (κ3) is 1.59. The molecule has 0 saturated carbocycles. The minimum atomic E-state index is 0.712. The molecule has 2 aromatic heterocycles. The highest BCUT2D eigenvalue weighted by Crippen LogP contribution is 2.31. The molecule has 90 valence electrons. The molecule has 0 unspecified atom stereocenters. The summed E-state index contributed by atoms with van der Waals surface area (Å²) in [7, 11) is 1.66. The molecule has 0 radical (unpaired) electrons. The van der Waals surface area contributed by atoms with Gasteiger partial charge in [-0.15, -0.1) is 0 Å². The number of aromatic nitrogens is 2. The van der Waals surface area contributed by atoms with Crippen molar-refractivity contribution in [1.82, 2.24) is 9.97 Å². The first-order chi connectivity index (χ1) is 8.79. The molecule has 4 heteroatoms. The lowest BCUT2D eigenvalue weighted by atomic mass is 10.0. The monoisotopic (exact) mass is 239 g/mol. The topological polar surface area (TPSA) is 63.9 Å². The van der Waals surface area contributed by atoms with Gasteiger partial charge in [0.1, 0.15) is 11.4 Å². The van der Waals surface area contributed by atoms with Crippen molar-refractivity contribution in [2.24, 2.45) is 0 Å². The first kappa shape index (κ1) is 10.7. The van der Waals surface area contributed by atoms with Gasteiger partial charge in [-0.1, -0.05) is 12.1 Å². The summed E-state index contributed by atoms with van der Waals surface area (Å²) < 4.78 is 5.16. The van der Waals surface area contributed by atoms with E-state index in [1.807, 2.05) is 30.3 Å². The van der Waals surface area contributed by atoms with E-state index in [4.69, 9.17) is 10.5 Å². The fraction of sp³-hybridized carbons (Fsp3) is 0.0714. The van der Waals surface area contributed by atoms with Gasteiger partial charge in [-0.05, 0) is 29.3 Å². The number of nitrogens with one attached hydrogen (secondary N) is 1. The Hall–Kier alpha value is -2.49. The molecule has 4 nitrogen and oxygen atoms in total. The van der Waals surface area contributed by atoms with E-state index in [-0.39, 0.29) is 0 Å². The number of fused-ring (bicyclic) bond motifs is 1. The predicted octanol–water partition coefficient (Wildman–Crippen LogP) is 2.82. The molecule has 0 saturated heterocycles. The Bertz CT molecular complexity index is 686. The molecule has 0 atom stereocenters. The van der Waals surface area contributed by atoms with Crippen molar-refractivity contribution in [1.29, 1.82) is 0 Å². The third-order valence-electron chi connectivity index (χ3n) is 3.01. The highest BCUT2D eigenvalue weighted by Gasteiger charge is 2.09. The van der Waals surface area contributed by atoms with Gasteiger partial charge in [-0.25, -0.2) is 4.98 Å². The Morgan fingerprint density at radius 3 is 2.67 bits per heavy atom. The molecular weight excluding hydrogens is 226 g/mol. The number of H-pyrrole nitrogens is 1. The van der Waals surface area contributed by atoms with E-state index in [0.717, 1.165) is 27.9 Å². The molecule has 0 amide bonds. The van der Waals surface area contributed by atoms with Gasteiger partial charge in [0.05, 0.1) is 12.8 Å². The van der Waals surface area contributed by atoms with Crippen molar-refractivity contribution in [2.75, 3.05) is 12.8 Å². The zero-order chi connectivity index (χ0) is 12.5. The van der Waals surface area contributed by atoms with Crippen LogP contribution in [-0.4, -0.2) is 17.1 Å². The summed E-state index contributed by atoms with van der Waals surface area (Å²) in [4.78, 5) is 7.32. The zero-order valence-electron chi connectivity index (χ0n) is 9.97. The number of nitrogen functional groups attached to an aromatic ring is 1. The highest BCUT2D eigenvalue weighted by molar-refractivity contribution is 6.01. The number of aromatic amines is 1. The number of methoxy groups -OCH3 is 1. The van der Waals surface area contributed by atoms with E-state index in [0.29, 0.717) is 5.69 Å². The lowest BCUT2D eigenvalue weighted by molar-refractivity contribution is 0.415. The largest absolute Gasteiger partial charge is 0.497 e. The third-order valence-corrected chi connectivity index (χ3v) is 3.01. The zero-order valence-corrected chi connectivity index (χ0v) is 9.97. The second-order valence-corrected chi connectivity index (χ2v) is 4.05. The van der Waals surface area contributed by atoms with Gasteiger partial charge >= 0.3 is 0 Å². The first-order valence-corrected chi connectivity index (χ1v) is 5.65. The molecule has 0 aliphatic heterocycles. The molecule has 3 N–H and O–H groups in total. The van der Waals surface area contributed by atoms with Crippen molar-refractivity contribution in [3.05, 3.63) is 42.7 Å². The molecule has 0 aliphatic rings. The van der Waals surface area contributed by atoms with Crippen LogP contribution in [0.15, 0.2) is 42.7 Å². The quantitative estimate of drug-likeness (QED) is 0.722. The Balaban J connectivity index is 2.21. The van der Waals surface area contributed by atoms with Crippen LogP contribution in [0.4, 0.5) is 5.69 Å². The second-order valence-electron chi connectivity index (χ2n) is 4.05. The predicted molar refractivity (Wildman–Crippen MR) is 72.5 cm³/mol. The number of hydrogen-bond donors (Lipinski definition) is 2. The maximum atomic E-state index is 5.97. The Labute approximate surface area is 104 Å². The van der Waals surface area contributed by atoms with Crippen molar-refractivity contribution in [2.45, 2.75) is 0 Å². The number of pyridine rings is 1. The number of anilines is 1. The molecule has 0 bridgehead atoms. The number of benzene rings is 1. The van der Waals surface area contributed by atoms with Crippen LogP contribution in [-0.2, 0) is 0 Å². The normalized spacial score (nSPS) is 10.7. The van der Waals surface area contributed by atoms with Gasteiger partial charge in [0.25, 0.3) is 0 Å². The van der Waals surface area contributed by atoms with Gasteiger partial charge < -0.3 is 15.5 Å². The lowest BCUT2D eigenvalue weighted by Gasteiger charge is -2.05. The minimum Gasteiger partial charge on any atom is -0.497 e. The van der Waals surface area contributed by atoms with E-state index in [2.05, 4.69) is 9.97 Å². The Morgan fingerprint density at radius 1 is 1.17 bits per heavy atom. The van der Waals surface area contributed by atoms with Crippen LogP contribution in [0.5, 0.6) is 5.75 Å². The molecule has 0 aliphatic carbocycles. The Morgan fingerprint density at radius 2 is 1.94 bits per heavy atom. The van der Waals surface area contributed by atoms with Gasteiger partial charge in [-0.2, -0.15) is 0 Å². The van der Waals surface area contributed by atoms with Crippen LogP contribution in [0.25, 0.3) is 22.2 Å². The van der Waals surface area contributed by atoms with Crippen molar-refractivity contribution < 1.29 is 4.74 Å². The number of nitrogens with zero attached hydrogens (tertiary/aromatic N) is 1. The van der Waals surface area contributed by atoms with Gasteiger partial charge in [0.2, 0.25) is 0 Å². The van der Waals surface area contributed by atoms with Crippen LogP contribution in [0, 0.1) is 0 Å². The second kappa shape index (κ2) is 4.07. The summed E-state index contributed by atoms with van der Waals surface area (Å²) >= 11 is 0. The smallest absolute Gasteiger partial charge is 0.139 e. The van der Waals surface area contributed by atoms with Crippen LogP contribution >= 0.6 is 0 Å². The molecule has 3 rings (SSSR count). The average Bonchev–Trinajstić information content (AvgIpc) is 2.81. The van der Waals surface area contributed by atoms with Crippen LogP contribution in [0.2, 0.25) is 0 Å². The van der Waals surface area contributed by atoms with Crippen LogP contribution < -0.4 is 10.5 Å². The van der Waals surface area contributed by atoms with Gasteiger partial charge in [-0.3, -0.25) is 0 Å². The van der Waals surface area contributed by atoms with Crippen molar-refractivity contribution in [3.8, 4) is 16.9 Å². The number of rotatable bonds is 2. The SMILES string of the molecule is COc1ccc(-c2ccnc3[nH]cc(N)c23)cc1. The number of ether oxygens (including phenoxy) is 1. The number of hydrogen-bond acceptors (Lipinski definition) is 3. The van der Waals surface area contributed by atoms with Crippen molar-refractivity contribution in [3.63, 3.8) is 0 Å². The summed E-state index contributed by atoms with van der Waals surface area (Å²) in [5.74, 6) is 0.839. The molecule has 0 fully saturated rings. The standard InChI is InChI=1S/C14H13N3O/c1-18-10-4-2-9(3-5-10)11-6-7-16-14-13(11)12(15)8-17-14/h2-8H,15H2,1H3,(H,16,17). The number of nitrogens with two attached hydrogens (primary N) is 1. The minimum absolute atomic E-state index is 0.712. The Kier molecular flexibility index (Phi) is 2.41. The van der Waals surface area contributed by atoms with Crippen molar-refractivity contribution >= 4 is 16.7 Å². The van der Waals surface area contributed by atoms with E-state index < -0.39 is 0 Å². The summed E-state index contributed by atoms with van der Waals surface area (Å²) in [6.07, 6.45) is 3.54. The van der Waals surface area contributed by atoms with Gasteiger partial charge in [0.15, 0.2) is 0 Å². The molecule has 1 aromatic carbocycles. The molecule has 3 aromatic rings. The maximum absolute atomic E-state index is 5.97.